The molecule has 8 heteroatoms. The lowest BCUT2D eigenvalue weighted by Crippen LogP contribution is -2.45. The number of halogens is 4. The van der Waals surface area contributed by atoms with Gasteiger partial charge in [0.2, 0.25) is 5.91 Å². The summed E-state index contributed by atoms with van der Waals surface area (Å²) in [6.45, 7) is 0.385. The number of hydrogen-bond acceptors (Lipinski definition) is 3. The largest absolute Gasteiger partial charge is 0.414 e. The van der Waals surface area contributed by atoms with Gasteiger partial charge in [0.25, 0.3) is 0 Å². The van der Waals surface area contributed by atoms with E-state index in [1.54, 1.807) is 0 Å². The summed E-state index contributed by atoms with van der Waals surface area (Å²) >= 11 is 0. The molecule has 128 valence electrons. The first-order valence-corrected chi connectivity index (χ1v) is 7.39. The minimum absolute atomic E-state index is 0.119. The highest BCUT2D eigenvalue weighted by Gasteiger charge is 2.44. The topological polar surface area (TPSA) is 53.4 Å². The summed E-state index contributed by atoms with van der Waals surface area (Å²) in [5, 5.41) is 9.24. The number of pyridine rings is 1. The van der Waals surface area contributed by atoms with Gasteiger partial charge in [-0.05, 0) is 36.8 Å². The van der Waals surface area contributed by atoms with E-state index >= 15 is 0 Å². The van der Waals surface area contributed by atoms with E-state index < -0.39 is 24.0 Å². The second kappa shape index (κ2) is 7.25. The molecule has 4 nitrogen and oxygen atoms in total. The highest BCUT2D eigenvalue weighted by molar-refractivity contribution is 5.76. The average molecular weight is 334 g/mol. The number of hydrogen-bond donors (Lipinski definition) is 1. The molecule has 1 aliphatic heterocycles. The Balaban J connectivity index is 1.80. The molecule has 1 atom stereocenters. The fourth-order valence-corrected chi connectivity index (χ4v) is 2.73. The van der Waals surface area contributed by atoms with E-state index in [2.05, 4.69) is 4.98 Å². The number of carbonyl (C=O) groups is 1. The Morgan fingerprint density at radius 3 is 2.57 bits per heavy atom. The van der Waals surface area contributed by atoms with Gasteiger partial charge in [-0.25, -0.2) is 4.39 Å². The van der Waals surface area contributed by atoms with Gasteiger partial charge in [-0.15, -0.1) is 0 Å². The zero-order chi connectivity index (χ0) is 17.0. The smallest absolute Gasteiger partial charge is 0.383 e. The molecule has 2 rings (SSSR count). The molecule has 0 saturated carbocycles. The fourth-order valence-electron chi connectivity index (χ4n) is 2.73. The Bertz CT molecular complexity index is 543. The molecule has 1 unspecified atom stereocenters. The Morgan fingerprint density at radius 1 is 1.35 bits per heavy atom. The van der Waals surface area contributed by atoms with Crippen LogP contribution in [-0.4, -0.2) is 46.3 Å². The van der Waals surface area contributed by atoms with Gasteiger partial charge in [0.05, 0.1) is 6.20 Å². The monoisotopic (exact) mass is 334 g/mol. The van der Waals surface area contributed by atoms with Crippen LogP contribution < -0.4 is 0 Å². The predicted molar refractivity (Wildman–Crippen MR) is 73.9 cm³/mol. The van der Waals surface area contributed by atoms with Gasteiger partial charge in [0.1, 0.15) is 5.82 Å². The van der Waals surface area contributed by atoms with Gasteiger partial charge in [-0.3, -0.25) is 9.78 Å². The van der Waals surface area contributed by atoms with Crippen LogP contribution in [0.3, 0.4) is 0 Å². The summed E-state index contributed by atoms with van der Waals surface area (Å²) < 4.78 is 50.4. The van der Waals surface area contributed by atoms with Gasteiger partial charge < -0.3 is 10.0 Å². The molecule has 1 N–H and O–H groups in total. The summed E-state index contributed by atoms with van der Waals surface area (Å²) in [6.07, 6.45) is -3.70. The molecule has 1 aromatic heterocycles. The van der Waals surface area contributed by atoms with Crippen molar-refractivity contribution in [3.63, 3.8) is 0 Å². The van der Waals surface area contributed by atoms with Crippen molar-refractivity contribution in [2.45, 2.75) is 38.0 Å². The molecule has 2 heterocycles. The quantitative estimate of drug-likeness (QED) is 0.860. The van der Waals surface area contributed by atoms with Crippen LogP contribution in [0.15, 0.2) is 18.5 Å². The highest BCUT2D eigenvalue weighted by atomic mass is 19.4. The van der Waals surface area contributed by atoms with E-state index in [0.717, 1.165) is 6.20 Å². The lowest BCUT2D eigenvalue weighted by atomic mass is 9.90. The summed E-state index contributed by atoms with van der Waals surface area (Å²) in [5.41, 5.74) is 0.598. The molecule has 0 bridgehead atoms. The Kier molecular flexibility index (Phi) is 5.56. The van der Waals surface area contributed by atoms with E-state index in [9.17, 15) is 27.5 Å². The van der Waals surface area contributed by atoms with Crippen LogP contribution >= 0.6 is 0 Å². The first kappa shape index (κ1) is 17.7. The van der Waals surface area contributed by atoms with Crippen molar-refractivity contribution in [1.82, 2.24) is 9.88 Å². The lowest BCUT2D eigenvalue weighted by molar-refractivity contribution is -0.222. The van der Waals surface area contributed by atoms with Crippen LogP contribution in [-0.2, 0) is 11.2 Å². The summed E-state index contributed by atoms with van der Waals surface area (Å²) in [4.78, 5) is 17.2. The fraction of sp³-hybridized carbons (Fsp3) is 0.600. The van der Waals surface area contributed by atoms with Crippen LogP contribution in [0.1, 0.15) is 24.8 Å². The van der Waals surface area contributed by atoms with E-state index in [4.69, 9.17) is 0 Å². The first-order chi connectivity index (χ1) is 10.8. The van der Waals surface area contributed by atoms with Gasteiger partial charge in [0, 0.05) is 25.7 Å². The van der Waals surface area contributed by atoms with Crippen LogP contribution in [0, 0.1) is 11.7 Å². The molecule has 23 heavy (non-hydrogen) atoms. The number of aliphatic hydroxyl groups excluding tert-OH is 1. The molecular weight excluding hydrogens is 316 g/mol. The van der Waals surface area contributed by atoms with Crippen LogP contribution in [0.25, 0.3) is 0 Å². The zero-order valence-electron chi connectivity index (χ0n) is 12.4. The summed E-state index contributed by atoms with van der Waals surface area (Å²) in [5.74, 6) is -1.53. The molecule has 1 aromatic rings. The minimum Gasteiger partial charge on any atom is -0.383 e. The van der Waals surface area contributed by atoms with E-state index in [0.29, 0.717) is 12.0 Å². The predicted octanol–water partition coefficient (Wildman–Crippen LogP) is 2.32. The maximum absolute atomic E-state index is 13.0. The second-order valence-corrected chi connectivity index (χ2v) is 5.72. The molecular formula is C15H18F4N2O2. The number of aryl methyl sites for hydroxylation is 1. The van der Waals surface area contributed by atoms with E-state index in [1.807, 2.05) is 0 Å². The Hall–Kier alpha value is -1.70. The van der Waals surface area contributed by atoms with Crippen molar-refractivity contribution in [3.8, 4) is 0 Å². The molecule has 1 fully saturated rings. The van der Waals surface area contributed by atoms with Crippen LogP contribution in [0.4, 0.5) is 17.6 Å². The number of carbonyl (C=O) groups excluding carboxylic acids is 1. The number of rotatable bonds is 4. The third kappa shape index (κ3) is 4.89. The van der Waals surface area contributed by atoms with Crippen molar-refractivity contribution >= 4 is 5.91 Å². The van der Waals surface area contributed by atoms with Crippen molar-refractivity contribution in [3.05, 3.63) is 29.8 Å². The standard InChI is InChI=1S/C15H18F4N2O2/c16-12-7-10(8-20-9-12)1-2-13(22)21-5-3-11(4-6-21)14(23)15(17,18)19/h7-9,11,14,23H,1-6H2. The maximum Gasteiger partial charge on any atom is 0.414 e. The number of alkyl halides is 3. The number of piperidine rings is 1. The highest BCUT2D eigenvalue weighted by Crippen LogP contribution is 2.31. The van der Waals surface area contributed by atoms with Gasteiger partial charge >= 0.3 is 6.18 Å². The molecule has 0 aliphatic carbocycles. The zero-order valence-corrected chi connectivity index (χ0v) is 12.4. The molecule has 0 spiro atoms. The number of aliphatic hydroxyl groups is 1. The normalized spacial score (nSPS) is 18.0. The van der Waals surface area contributed by atoms with Crippen molar-refractivity contribution in [2.24, 2.45) is 5.92 Å². The summed E-state index contributed by atoms with van der Waals surface area (Å²) in [7, 11) is 0. The molecule has 0 aromatic carbocycles. The Morgan fingerprint density at radius 2 is 2.00 bits per heavy atom. The molecule has 1 aliphatic rings. The SMILES string of the molecule is O=C(CCc1cncc(F)c1)N1CCC(C(O)C(F)(F)F)CC1. The van der Waals surface area contributed by atoms with Crippen molar-refractivity contribution in [2.75, 3.05) is 13.1 Å². The number of amides is 1. The third-order valence-electron chi connectivity index (χ3n) is 4.06. The first-order valence-electron chi connectivity index (χ1n) is 7.39. The van der Waals surface area contributed by atoms with Crippen molar-refractivity contribution in [1.29, 1.82) is 0 Å². The van der Waals surface area contributed by atoms with E-state index in [1.165, 1.54) is 17.2 Å². The summed E-state index contributed by atoms with van der Waals surface area (Å²) in [6, 6.07) is 1.30. The number of likely N-dealkylation sites (tertiary alicyclic amines) is 1. The Labute approximate surface area is 131 Å². The minimum atomic E-state index is -4.62. The van der Waals surface area contributed by atoms with Crippen LogP contribution in [0.5, 0.6) is 0 Å². The van der Waals surface area contributed by atoms with Gasteiger partial charge in [-0.1, -0.05) is 0 Å². The van der Waals surface area contributed by atoms with Gasteiger partial charge in [0.15, 0.2) is 6.10 Å². The maximum atomic E-state index is 13.0. The average Bonchev–Trinajstić information content (AvgIpc) is 2.51. The molecule has 1 saturated heterocycles. The van der Waals surface area contributed by atoms with Gasteiger partial charge in [-0.2, -0.15) is 13.2 Å². The van der Waals surface area contributed by atoms with E-state index in [-0.39, 0.29) is 38.3 Å². The van der Waals surface area contributed by atoms with Crippen molar-refractivity contribution < 1.29 is 27.5 Å². The third-order valence-corrected chi connectivity index (χ3v) is 4.06. The van der Waals surface area contributed by atoms with Crippen LogP contribution in [0.2, 0.25) is 0 Å². The molecule has 0 radical (unpaired) electrons. The second-order valence-electron chi connectivity index (χ2n) is 5.72. The lowest BCUT2D eigenvalue weighted by Gasteiger charge is -2.34. The molecule has 1 amide bonds. The number of aromatic nitrogens is 1. The number of nitrogens with zero attached hydrogens (tertiary/aromatic N) is 2.